The number of nitrogens with zero attached hydrogens (tertiary/aromatic N) is 2. The van der Waals surface area contributed by atoms with Gasteiger partial charge in [0.1, 0.15) is 0 Å². The summed E-state index contributed by atoms with van der Waals surface area (Å²) in [4.78, 5) is 0. The van der Waals surface area contributed by atoms with E-state index < -0.39 is 18.2 Å². The Morgan fingerprint density at radius 3 is 2.52 bits per heavy atom. The minimum atomic E-state index is -4.56. The summed E-state index contributed by atoms with van der Waals surface area (Å²) in [6, 6.07) is 14.7. The van der Waals surface area contributed by atoms with Crippen LogP contribution in [-0.4, -0.2) is 29.8 Å². The third-order valence-electron chi connectivity index (χ3n) is 4.61. The molecular weight excluding hydrogens is 385 g/mol. The van der Waals surface area contributed by atoms with Gasteiger partial charge in [-0.2, -0.15) is 18.3 Å². The zero-order valence-electron chi connectivity index (χ0n) is 15.6. The maximum absolute atomic E-state index is 13.3. The van der Waals surface area contributed by atoms with E-state index in [1.54, 1.807) is 48.5 Å². The van der Waals surface area contributed by atoms with Gasteiger partial charge in [-0.3, -0.25) is 0 Å². The van der Waals surface area contributed by atoms with Crippen LogP contribution < -0.4 is 9.47 Å². The molecule has 152 valence electrons. The fourth-order valence-electron chi connectivity index (χ4n) is 3.20. The van der Waals surface area contributed by atoms with Gasteiger partial charge in [0.25, 0.3) is 0 Å². The molecule has 0 saturated carbocycles. The van der Waals surface area contributed by atoms with E-state index in [0.29, 0.717) is 35.1 Å². The van der Waals surface area contributed by atoms with Gasteiger partial charge in [-0.15, -0.1) is 0 Å². The monoisotopic (exact) mass is 404 g/mol. The standard InChI is InChI=1S/C21H19F3N2O3/c1-27-17-10-9-14(12-18(17)29-20-8-5-11-28-20)16-13-19(21(22,23)24)25-26(16)15-6-3-2-4-7-15/h2-4,6-7,9-10,12-13,20H,5,8,11H2,1H3. The van der Waals surface area contributed by atoms with Crippen molar-refractivity contribution in [1.82, 2.24) is 9.78 Å². The lowest BCUT2D eigenvalue weighted by Crippen LogP contribution is -2.14. The average molecular weight is 404 g/mol. The summed E-state index contributed by atoms with van der Waals surface area (Å²) in [5, 5.41) is 3.80. The van der Waals surface area contributed by atoms with E-state index in [1.807, 2.05) is 0 Å². The summed E-state index contributed by atoms with van der Waals surface area (Å²) in [5.74, 6) is 0.886. The number of methoxy groups -OCH3 is 1. The number of alkyl halides is 3. The Hall–Kier alpha value is -3.00. The molecule has 0 radical (unpaired) electrons. The number of aromatic nitrogens is 2. The number of rotatable bonds is 5. The van der Waals surface area contributed by atoms with E-state index in [4.69, 9.17) is 14.2 Å². The van der Waals surface area contributed by atoms with Gasteiger partial charge >= 0.3 is 6.18 Å². The van der Waals surface area contributed by atoms with Crippen molar-refractivity contribution in [3.05, 3.63) is 60.3 Å². The van der Waals surface area contributed by atoms with E-state index in [9.17, 15) is 13.2 Å². The van der Waals surface area contributed by atoms with Crippen LogP contribution in [-0.2, 0) is 10.9 Å². The molecule has 4 rings (SSSR count). The number of para-hydroxylation sites is 1. The van der Waals surface area contributed by atoms with Gasteiger partial charge in [-0.25, -0.2) is 4.68 Å². The highest BCUT2D eigenvalue weighted by atomic mass is 19.4. The molecule has 5 nitrogen and oxygen atoms in total. The second-order valence-electron chi connectivity index (χ2n) is 6.59. The fraction of sp³-hybridized carbons (Fsp3) is 0.286. The largest absolute Gasteiger partial charge is 0.493 e. The number of halogens is 3. The first-order chi connectivity index (χ1) is 14.0. The fourth-order valence-corrected chi connectivity index (χ4v) is 3.20. The Bertz CT molecular complexity index is 981. The summed E-state index contributed by atoms with van der Waals surface area (Å²) in [7, 11) is 1.51. The maximum Gasteiger partial charge on any atom is 0.435 e. The maximum atomic E-state index is 13.3. The van der Waals surface area contributed by atoms with Gasteiger partial charge in [0.15, 0.2) is 23.5 Å². The molecule has 29 heavy (non-hydrogen) atoms. The Labute approximate surface area is 165 Å². The van der Waals surface area contributed by atoms with Crippen molar-refractivity contribution in [3.63, 3.8) is 0 Å². The number of ether oxygens (including phenoxy) is 3. The van der Waals surface area contributed by atoms with Gasteiger partial charge in [0.05, 0.1) is 25.1 Å². The first-order valence-corrected chi connectivity index (χ1v) is 9.15. The van der Waals surface area contributed by atoms with Crippen LogP contribution in [0.5, 0.6) is 11.5 Å². The molecule has 1 saturated heterocycles. The minimum Gasteiger partial charge on any atom is -0.493 e. The Balaban J connectivity index is 1.80. The second-order valence-corrected chi connectivity index (χ2v) is 6.59. The molecule has 0 amide bonds. The third kappa shape index (κ3) is 4.07. The molecule has 1 atom stereocenters. The third-order valence-corrected chi connectivity index (χ3v) is 4.61. The highest BCUT2D eigenvalue weighted by Crippen LogP contribution is 2.37. The lowest BCUT2D eigenvalue weighted by molar-refractivity contribution is -0.141. The number of hydrogen-bond donors (Lipinski definition) is 0. The van der Waals surface area contributed by atoms with Crippen molar-refractivity contribution < 1.29 is 27.4 Å². The van der Waals surface area contributed by atoms with Crippen LogP contribution in [0.1, 0.15) is 18.5 Å². The molecule has 0 N–H and O–H groups in total. The molecule has 0 spiro atoms. The molecule has 2 aromatic carbocycles. The van der Waals surface area contributed by atoms with E-state index in [2.05, 4.69) is 5.10 Å². The van der Waals surface area contributed by atoms with Crippen molar-refractivity contribution in [2.24, 2.45) is 0 Å². The molecule has 0 aliphatic carbocycles. The Kier molecular flexibility index (Phi) is 5.19. The summed E-state index contributed by atoms with van der Waals surface area (Å²) < 4.78 is 58.0. The van der Waals surface area contributed by atoms with Crippen molar-refractivity contribution in [1.29, 1.82) is 0 Å². The smallest absolute Gasteiger partial charge is 0.435 e. The predicted molar refractivity (Wildman–Crippen MR) is 100 cm³/mol. The van der Waals surface area contributed by atoms with Gasteiger partial charge < -0.3 is 14.2 Å². The zero-order chi connectivity index (χ0) is 20.4. The molecule has 1 aliphatic heterocycles. The van der Waals surface area contributed by atoms with E-state index in [0.717, 1.165) is 18.9 Å². The van der Waals surface area contributed by atoms with E-state index in [1.165, 1.54) is 11.8 Å². The first kappa shape index (κ1) is 19.3. The molecule has 2 heterocycles. The summed E-state index contributed by atoms with van der Waals surface area (Å²) in [6.45, 7) is 0.613. The quantitative estimate of drug-likeness (QED) is 0.595. The molecule has 3 aromatic rings. The molecule has 0 bridgehead atoms. The Morgan fingerprint density at radius 2 is 1.86 bits per heavy atom. The molecule has 1 unspecified atom stereocenters. The lowest BCUT2D eigenvalue weighted by atomic mass is 10.1. The highest BCUT2D eigenvalue weighted by molar-refractivity contribution is 5.67. The highest BCUT2D eigenvalue weighted by Gasteiger charge is 2.35. The van der Waals surface area contributed by atoms with Crippen LogP contribution in [0.15, 0.2) is 54.6 Å². The van der Waals surface area contributed by atoms with Crippen molar-refractivity contribution in [2.75, 3.05) is 13.7 Å². The first-order valence-electron chi connectivity index (χ1n) is 9.15. The van der Waals surface area contributed by atoms with E-state index >= 15 is 0 Å². The topological polar surface area (TPSA) is 45.5 Å². The number of benzene rings is 2. The van der Waals surface area contributed by atoms with Gasteiger partial charge in [0, 0.05) is 12.0 Å². The predicted octanol–water partition coefficient (Wildman–Crippen LogP) is 5.08. The van der Waals surface area contributed by atoms with Crippen LogP contribution in [0.2, 0.25) is 0 Å². The SMILES string of the molecule is COc1ccc(-c2cc(C(F)(F)F)nn2-c2ccccc2)cc1OC1CCCO1. The van der Waals surface area contributed by atoms with Crippen LogP contribution in [0.3, 0.4) is 0 Å². The molecule has 8 heteroatoms. The molecular formula is C21H19F3N2O3. The van der Waals surface area contributed by atoms with Crippen LogP contribution in [0.4, 0.5) is 13.2 Å². The lowest BCUT2D eigenvalue weighted by Gasteiger charge is -2.17. The summed E-state index contributed by atoms with van der Waals surface area (Å²) in [5.41, 5.74) is 0.373. The Morgan fingerprint density at radius 1 is 1.07 bits per heavy atom. The second kappa shape index (κ2) is 7.79. The van der Waals surface area contributed by atoms with Gasteiger partial charge in [0.2, 0.25) is 0 Å². The van der Waals surface area contributed by atoms with Crippen LogP contribution in [0, 0.1) is 0 Å². The van der Waals surface area contributed by atoms with Crippen LogP contribution in [0.25, 0.3) is 16.9 Å². The van der Waals surface area contributed by atoms with Crippen LogP contribution >= 0.6 is 0 Å². The zero-order valence-corrected chi connectivity index (χ0v) is 15.6. The normalized spacial score (nSPS) is 16.8. The molecule has 1 aromatic heterocycles. The van der Waals surface area contributed by atoms with Gasteiger partial charge in [-0.1, -0.05) is 18.2 Å². The summed E-state index contributed by atoms with van der Waals surface area (Å²) >= 11 is 0. The van der Waals surface area contributed by atoms with Gasteiger partial charge in [-0.05, 0) is 42.8 Å². The number of hydrogen-bond acceptors (Lipinski definition) is 4. The minimum absolute atomic E-state index is 0.295. The van der Waals surface area contributed by atoms with Crippen molar-refractivity contribution in [3.8, 4) is 28.4 Å². The molecule has 1 fully saturated rings. The van der Waals surface area contributed by atoms with Crippen molar-refractivity contribution in [2.45, 2.75) is 25.3 Å². The summed E-state index contributed by atoms with van der Waals surface area (Å²) in [6.07, 6.45) is -3.32. The average Bonchev–Trinajstić information content (AvgIpc) is 3.38. The van der Waals surface area contributed by atoms with E-state index in [-0.39, 0.29) is 0 Å². The molecule has 1 aliphatic rings. The van der Waals surface area contributed by atoms with Crippen molar-refractivity contribution >= 4 is 0 Å².